The number of carbonyl (C=O) groups is 1. The quantitative estimate of drug-likeness (QED) is 0.722. The fourth-order valence-corrected chi connectivity index (χ4v) is 2.20. The standard InChI is InChI=1S/C15H28N4O/c1-5-9-17-15(4,14(16)20)8-10-19-13(7-3)11-12(6-2)18-19/h11,17H,5-10H2,1-4H3,(H2,16,20). The Bertz CT molecular complexity index is 441. The molecule has 0 spiro atoms. The minimum atomic E-state index is -0.667. The van der Waals surface area contributed by atoms with Crippen LogP contribution in [0.15, 0.2) is 6.07 Å². The van der Waals surface area contributed by atoms with Gasteiger partial charge in [0.05, 0.1) is 11.2 Å². The highest BCUT2D eigenvalue weighted by molar-refractivity contribution is 5.84. The van der Waals surface area contributed by atoms with Crippen molar-refractivity contribution in [2.24, 2.45) is 5.73 Å². The number of nitrogens with two attached hydrogens (primary N) is 1. The van der Waals surface area contributed by atoms with Gasteiger partial charge in [-0.3, -0.25) is 9.48 Å². The third-order valence-electron chi connectivity index (χ3n) is 3.77. The van der Waals surface area contributed by atoms with Gasteiger partial charge >= 0.3 is 0 Å². The molecule has 0 radical (unpaired) electrons. The largest absolute Gasteiger partial charge is 0.368 e. The Morgan fingerprint density at radius 2 is 2.10 bits per heavy atom. The number of aryl methyl sites for hydroxylation is 3. The first-order valence-corrected chi connectivity index (χ1v) is 7.57. The summed E-state index contributed by atoms with van der Waals surface area (Å²) in [5, 5.41) is 7.84. The van der Waals surface area contributed by atoms with Crippen molar-refractivity contribution in [3.63, 3.8) is 0 Å². The van der Waals surface area contributed by atoms with Gasteiger partial charge in [0.25, 0.3) is 0 Å². The maximum absolute atomic E-state index is 11.7. The molecule has 0 aliphatic carbocycles. The zero-order valence-electron chi connectivity index (χ0n) is 13.2. The van der Waals surface area contributed by atoms with Crippen molar-refractivity contribution in [3.05, 3.63) is 17.5 Å². The number of rotatable bonds is 9. The molecule has 5 nitrogen and oxygen atoms in total. The topological polar surface area (TPSA) is 72.9 Å². The van der Waals surface area contributed by atoms with Crippen LogP contribution in [-0.4, -0.2) is 27.8 Å². The summed E-state index contributed by atoms with van der Waals surface area (Å²) in [5.74, 6) is -0.299. The van der Waals surface area contributed by atoms with Crippen LogP contribution >= 0.6 is 0 Å². The smallest absolute Gasteiger partial charge is 0.237 e. The molecular formula is C15H28N4O. The van der Waals surface area contributed by atoms with E-state index in [0.29, 0.717) is 13.0 Å². The fourth-order valence-electron chi connectivity index (χ4n) is 2.20. The molecule has 1 heterocycles. The van der Waals surface area contributed by atoms with E-state index in [2.05, 4.69) is 37.3 Å². The molecule has 1 amide bonds. The third kappa shape index (κ3) is 4.07. The number of primary amides is 1. The number of nitrogens with one attached hydrogen (secondary N) is 1. The van der Waals surface area contributed by atoms with Gasteiger partial charge in [-0.25, -0.2) is 0 Å². The van der Waals surface area contributed by atoms with E-state index in [0.717, 1.165) is 31.5 Å². The second kappa shape index (κ2) is 7.43. The summed E-state index contributed by atoms with van der Waals surface area (Å²) in [5.41, 5.74) is 7.19. The number of amides is 1. The number of carbonyl (C=O) groups excluding carboxylic acids is 1. The average Bonchev–Trinajstić information content (AvgIpc) is 2.85. The van der Waals surface area contributed by atoms with Gasteiger partial charge in [0.1, 0.15) is 0 Å². The van der Waals surface area contributed by atoms with E-state index in [1.54, 1.807) is 0 Å². The van der Waals surface area contributed by atoms with Gasteiger partial charge in [0.15, 0.2) is 0 Å². The van der Waals surface area contributed by atoms with Gasteiger partial charge in [0.2, 0.25) is 5.91 Å². The molecule has 0 saturated carbocycles. The molecule has 0 bridgehead atoms. The second-order valence-electron chi connectivity index (χ2n) is 5.43. The molecule has 0 aliphatic heterocycles. The Balaban J connectivity index is 2.76. The molecule has 0 aliphatic rings. The van der Waals surface area contributed by atoms with Crippen molar-refractivity contribution < 1.29 is 4.79 Å². The molecule has 1 unspecified atom stereocenters. The molecule has 3 N–H and O–H groups in total. The zero-order chi connectivity index (χ0) is 15.2. The molecule has 0 aromatic carbocycles. The van der Waals surface area contributed by atoms with Crippen LogP contribution in [0.4, 0.5) is 0 Å². The fraction of sp³-hybridized carbons (Fsp3) is 0.733. The Kier molecular flexibility index (Phi) is 6.20. The lowest BCUT2D eigenvalue weighted by molar-refractivity contribution is -0.124. The molecule has 1 atom stereocenters. The van der Waals surface area contributed by atoms with Crippen molar-refractivity contribution >= 4 is 5.91 Å². The van der Waals surface area contributed by atoms with E-state index in [1.165, 1.54) is 5.69 Å². The maximum atomic E-state index is 11.7. The number of aromatic nitrogens is 2. The number of hydrogen-bond donors (Lipinski definition) is 2. The van der Waals surface area contributed by atoms with Crippen molar-refractivity contribution in [1.29, 1.82) is 0 Å². The Hall–Kier alpha value is -1.36. The molecule has 20 heavy (non-hydrogen) atoms. The van der Waals surface area contributed by atoms with E-state index < -0.39 is 5.54 Å². The summed E-state index contributed by atoms with van der Waals surface area (Å²) in [6, 6.07) is 2.14. The van der Waals surface area contributed by atoms with Crippen LogP contribution in [0.2, 0.25) is 0 Å². The van der Waals surface area contributed by atoms with Crippen molar-refractivity contribution in [2.45, 2.75) is 65.5 Å². The molecule has 1 rings (SSSR count). The minimum absolute atomic E-state index is 0.299. The van der Waals surface area contributed by atoms with E-state index in [4.69, 9.17) is 5.73 Å². The van der Waals surface area contributed by atoms with Crippen molar-refractivity contribution in [1.82, 2.24) is 15.1 Å². The van der Waals surface area contributed by atoms with Crippen LogP contribution in [0.25, 0.3) is 0 Å². The van der Waals surface area contributed by atoms with Gasteiger partial charge in [-0.05, 0) is 45.2 Å². The summed E-state index contributed by atoms with van der Waals surface area (Å²) in [6.07, 6.45) is 3.51. The minimum Gasteiger partial charge on any atom is -0.368 e. The van der Waals surface area contributed by atoms with Gasteiger partial charge in [-0.2, -0.15) is 5.10 Å². The lowest BCUT2D eigenvalue weighted by atomic mass is 9.96. The van der Waals surface area contributed by atoms with E-state index in [-0.39, 0.29) is 5.91 Å². The van der Waals surface area contributed by atoms with Crippen LogP contribution < -0.4 is 11.1 Å². The zero-order valence-corrected chi connectivity index (χ0v) is 13.2. The summed E-state index contributed by atoms with van der Waals surface area (Å²) in [6.45, 7) is 9.67. The summed E-state index contributed by atoms with van der Waals surface area (Å²) >= 11 is 0. The lowest BCUT2D eigenvalue weighted by Crippen LogP contribution is -2.53. The van der Waals surface area contributed by atoms with Gasteiger partial charge in [-0.15, -0.1) is 0 Å². The highest BCUT2D eigenvalue weighted by Crippen LogP contribution is 2.14. The molecule has 0 fully saturated rings. The maximum Gasteiger partial charge on any atom is 0.237 e. The van der Waals surface area contributed by atoms with Crippen LogP contribution in [0.5, 0.6) is 0 Å². The average molecular weight is 280 g/mol. The van der Waals surface area contributed by atoms with Gasteiger partial charge < -0.3 is 11.1 Å². The highest BCUT2D eigenvalue weighted by Gasteiger charge is 2.30. The summed E-state index contributed by atoms with van der Waals surface area (Å²) in [7, 11) is 0. The Labute approximate surface area is 121 Å². The molecule has 1 aromatic rings. The first-order valence-electron chi connectivity index (χ1n) is 7.57. The number of hydrogen-bond acceptors (Lipinski definition) is 3. The third-order valence-corrected chi connectivity index (χ3v) is 3.77. The van der Waals surface area contributed by atoms with E-state index in [9.17, 15) is 4.79 Å². The van der Waals surface area contributed by atoms with E-state index >= 15 is 0 Å². The summed E-state index contributed by atoms with van der Waals surface area (Å²) in [4.78, 5) is 11.7. The van der Waals surface area contributed by atoms with Gasteiger partial charge in [-0.1, -0.05) is 20.8 Å². The van der Waals surface area contributed by atoms with Crippen molar-refractivity contribution in [3.8, 4) is 0 Å². The van der Waals surface area contributed by atoms with Crippen molar-refractivity contribution in [2.75, 3.05) is 6.54 Å². The molecule has 114 valence electrons. The molecular weight excluding hydrogens is 252 g/mol. The SMILES string of the molecule is CCCNC(C)(CCn1nc(CC)cc1CC)C(N)=O. The second-order valence-corrected chi connectivity index (χ2v) is 5.43. The van der Waals surface area contributed by atoms with Crippen LogP contribution in [0.3, 0.4) is 0 Å². The Morgan fingerprint density at radius 1 is 1.40 bits per heavy atom. The monoisotopic (exact) mass is 280 g/mol. The summed E-state index contributed by atoms with van der Waals surface area (Å²) < 4.78 is 2.01. The van der Waals surface area contributed by atoms with Gasteiger partial charge in [0, 0.05) is 12.2 Å². The molecule has 5 heteroatoms. The van der Waals surface area contributed by atoms with E-state index in [1.807, 2.05) is 11.6 Å². The highest BCUT2D eigenvalue weighted by atomic mass is 16.1. The predicted molar refractivity (Wildman–Crippen MR) is 81.5 cm³/mol. The number of nitrogens with zero attached hydrogens (tertiary/aromatic N) is 2. The molecule has 0 saturated heterocycles. The van der Waals surface area contributed by atoms with Crippen LogP contribution in [0.1, 0.15) is 51.9 Å². The Morgan fingerprint density at radius 3 is 2.60 bits per heavy atom. The first-order chi connectivity index (χ1) is 9.46. The lowest BCUT2D eigenvalue weighted by Gasteiger charge is -2.27. The normalized spacial score (nSPS) is 14.2. The molecule has 1 aromatic heterocycles. The van der Waals surface area contributed by atoms with Crippen LogP contribution in [0, 0.1) is 0 Å². The van der Waals surface area contributed by atoms with Crippen LogP contribution in [-0.2, 0) is 24.2 Å². The first kappa shape index (κ1) is 16.7. The predicted octanol–water partition coefficient (Wildman–Crippen LogP) is 1.64.